The van der Waals surface area contributed by atoms with Crippen molar-refractivity contribution in [3.63, 3.8) is 0 Å². The molecule has 0 atom stereocenters. The monoisotopic (exact) mass is 251 g/mol. The molecule has 0 aromatic carbocycles. The van der Waals surface area contributed by atoms with Crippen LogP contribution < -0.4 is 16.2 Å². The van der Waals surface area contributed by atoms with E-state index in [1.807, 2.05) is 5.38 Å². The minimum absolute atomic E-state index is 0.471. The van der Waals surface area contributed by atoms with E-state index in [2.05, 4.69) is 40.3 Å². The van der Waals surface area contributed by atoms with Crippen molar-refractivity contribution in [3.8, 4) is 0 Å². The second-order valence-electron chi connectivity index (χ2n) is 3.93. The molecule has 0 saturated carbocycles. The van der Waals surface area contributed by atoms with Crippen LogP contribution in [0.4, 0.5) is 11.8 Å². The lowest BCUT2D eigenvalue weighted by Crippen LogP contribution is -2.21. The molecule has 17 heavy (non-hydrogen) atoms. The van der Waals surface area contributed by atoms with E-state index in [-0.39, 0.29) is 0 Å². The highest BCUT2D eigenvalue weighted by Crippen LogP contribution is 2.28. The number of hydrazine groups is 1. The molecule has 2 aromatic heterocycles. The maximum absolute atomic E-state index is 5.39. The molecule has 0 fully saturated rings. The maximum atomic E-state index is 5.39. The van der Waals surface area contributed by atoms with Crippen molar-refractivity contribution in [1.82, 2.24) is 9.97 Å². The molecule has 6 heteroatoms. The first-order valence-electron chi connectivity index (χ1n) is 5.69. The minimum Gasteiger partial charge on any atom is -0.359 e. The molecule has 0 aliphatic rings. The van der Waals surface area contributed by atoms with Gasteiger partial charge in [-0.1, -0.05) is 13.3 Å². The van der Waals surface area contributed by atoms with Crippen molar-refractivity contribution in [2.24, 2.45) is 5.84 Å². The van der Waals surface area contributed by atoms with Crippen LogP contribution >= 0.6 is 11.3 Å². The predicted octanol–water partition coefficient (Wildman–Crippen LogP) is 2.21. The molecule has 0 aliphatic heterocycles. The van der Waals surface area contributed by atoms with Gasteiger partial charge in [0.15, 0.2) is 0 Å². The summed E-state index contributed by atoms with van der Waals surface area (Å²) in [7, 11) is 2.05. The summed E-state index contributed by atoms with van der Waals surface area (Å²) in [4.78, 5) is 11.9. The molecule has 0 amide bonds. The molecule has 0 unspecified atom stereocenters. The van der Waals surface area contributed by atoms with Crippen molar-refractivity contribution in [2.45, 2.75) is 19.8 Å². The Morgan fingerprint density at radius 2 is 2.29 bits per heavy atom. The van der Waals surface area contributed by atoms with Crippen LogP contribution in [0.25, 0.3) is 10.2 Å². The number of nitrogens with zero attached hydrogens (tertiary/aromatic N) is 3. The summed E-state index contributed by atoms with van der Waals surface area (Å²) in [5, 5.41) is 3.11. The van der Waals surface area contributed by atoms with Crippen molar-refractivity contribution in [3.05, 3.63) is 11.4 Å². The SMILES string of the molecule is CCCCN(C)c1nc(NN)nc2sccc12. The summed E-state index contributed by atoms with van der Waals surface area (Å²) in [6.07, 6.45) is 2.32. The number of hydrogen-bond acceptors (Lipinski definition) is 6. The van der Waals surface area contributed by atoms with E-state index in [0.717, 1.165) is 29.0 Å². The molecule has 5 nitrogen and oxygen atoms in total. The number of unbranched alkanes of at least 4 members (excludes halogenated alkanes) is 1. The van der Waals surface area contributed by atoms with E-state index in [1.165, 1.54) is 6.42 Å². The number of nitrogens with two attached hydrogens (primary N) is 1. The Morgan fingerprint density at radius 3 is 3.00 bits per heavy atom. The third kappa shape index (κ3) is 2.48. The largest absolute Gasteiger partial charge is 0.359 e. The lowest BCUT2D eigenvalue weighted by Gasteiger charge is -2.19. The van der Waals surface area contributed by atoms with Gasteiger partial charge >= 0.3 is 0 Å². The summed E-state index contributed by atoms with van der Waals surface area (Å²) in [6, 6.07) is 2.05. The molecular weight excluding hydrogens is 234 g/mol. The average Bonchev–Trinajstić information content (AvgIpc) is 2.82. The van der Waals surface area contributed by atoms with Gasteiger partial charge in [-0.25, -0.2) is 10.8 Å². The fourth-order valence-electron chi connectivity index (χ4n) is 1.70. The third-order valence-corrected chi connectivity index (χ3v) is 3.45. The lowest BCUT2D eigenvalue weighted by molar-refractivity contribution is 0.761. The summed E-state index contributed by atoms with van der Waals surface area (Å²) in [6.45, 7) is 3.17. The Balaban J connectivity index is 2.39. The van der Waals surface area contributed by atoms with Crippen molar-refractivity contribution in [1.29, 1.82) is 0 Å². The number of rotatable bonds is 5. The van der Waals surface area contributed by atoms with E-state index in [9.17, 15) is 0 Å². The fraction of sp³-hybridized carbons (Fsp3) is 0.455. The summed E-state index contributed by atoms with van der Waals surface area (Å²) in [5.74, 6) is 6.80. The third-order valence-electron chi connectivity index (χ3n) is 2.64. The van der Waals surface area contributed by atoms with Gasteiger partial charge < -0.3 is 4.90 Å². The molecule has 92 valence electrons. The van der Waals surface area contributed by atoms with Gasteiger partial charge in [0, 0.05) is 13.6 Å². The quantitative estimate of drug-likeness (QED) is 0.630. The second-order valence-corrected chi connectivity index (χ2v) is 4.82. The summed E-state index contributed by atoms with van der Waals surface area (Å²) >= 11 is 1.60. The predicted molar refractivity (Wildman–Crippen MR) is 73.4 cm³/mol. The van der Waals surface area contributed by atoms with Crippen LogP contribution in [0.1, 0.15) is 19.8 Å². The zero-order valence-corrected chi connectivity index (χ0v) is 10.9. The Hall–Kier alpha value is -1.40. The van der Waals surface area contributed by atoms with Crippen LogP contribution in [0.15, 0.2) is 11.4 Å². The van der Waals surface area contributed by atoms with Gasteiger partial charge in [-0.15, -0.1) is 11.3 Å². The summed E-state index contributed by atoms with van der Waals surface area (Å²) < 4.78 is 0. The molecule has 2 aromatic rings. The van der Waals surface area contributed by atoms with Crippen LogP contribution in [0.2, 0.25) is 0 Å². The van der Waals surface area contributed by atoms with E-state index in [0.29, 0.717) is 5.95 Å². The Labute approximate surface area is 105 Å². The van der Waals surface area contributed by atoms with Gasteiger partial charge in [-0.2, -0.15) is 4.98 Å². The number of nitrogen functional groups attached to an aromatic ring is 1. The molecule has 0 aliphatic carbocycles. The van der Waals surface area contributed by atoms with Crippen LogP contribution in [0.5, 0.6) is 0 Å². The molecule has 0 bridgehead atoms. The first kappa shape index (κ1) is 12.1. The molecular formula is C11H17N5S. The molecule has 0 saturated heterocycles. The Kier molecular flexibility index (Phi) is 3.75. The van der Waals surface area contributed by atoms with Gasteiger partial charge in [0.1, 0.15) is 10.6 Å². The first-order valence-corrected chi connectivity index (χ1v) is 6.57. The molecule has 2 heterocycles. The highest BCUT2D eigenvalue weighted by molar-refractivity contribution is 7.16. The van der Waals surface area contributed by atoms with Crippen LogP contribution in [0, 0.1) is 0 Å². The number of nitrogens with one attached hydrogen (secondary N) is 1. The van der Waals surface area contributed by atoms with E-state index in [4.69, 9.17) is 5.84 Å². The van der Waals surface area contributed by atoms with Gasteiger partial charge in [0.05, 0.1) is 5.39 Å². The van der Waals surface area contributed by atoms with E-state index < -0.39 is 0 Å². The van der Waals surface area contributed by atoms with Gasteiger partial charge in [0.25, 0.3) is 0 Å². The van der Waals surface area contributed by atoms with Crippen LogP contribution in [-0.4, -0.2) is 23.6 Å². The van der Waals surface area contributed by atoms with Gasteiger partial charge in [0.2, 0.25) is 5.95 Å². The minimum atomic E-state index is 0.471. The van der Waals surface area contributed by atoms with Gasteiger partial charge in [-0.3, -0.25) is 5.43 Å². The highest BCUT2D eigenvalue weighted by atomic mass is 32.1. The first-order chi connectivity index (χ1) is 8.26. The van der Waals surface area contributed by atoms with Crippen molar-refractivity contribution < 1.29 is 0 Å². The Bertz CT molecular complexity index is 496. The summed E-state index contributed by atoms with van der Waals surface area (Å²) in [5.41, 5.74) is 2.52. The highest BCUT2D eigenvalue weighted by Gasteiger charge is 2.11. The lowest BCUT2D eigenvalue weighted by atomic mass is 10.3. The van der Waals surface area contributed by atoms with Gasteiger partial charge in [-0.05, 0) is 17.9 Å². The second kappa shape index (κ2) is 5.29. The Morgan fingerprint density at radius 1 is 1.47 bits per heavy atom. The number of anilines is 2. The molecule has 3 N–H and O–H groups in total. The van der Waals surface area contributed by atoms with E-state index >= 15 is 0 Å². The fourth-order valence-corrected chi connectivity index (χ4v) is 2.45. The van der Waals surface area contributed by atoms with Crippen LogP contribution in [0.3, 0.4) is 0 Å². The van der Waals surface area contributed by atoms with Crippen LogP contribution in [-0.2, 0) is 0 Å². The zero-order valence-electron chi connectivity index (χ0n) is 10.1. The zero-order chi connectivity index (χ0) is 12.3. The number of fused-ring (bicyclic) bond motifs is 1. The average molecular weight is 251 g/mol. The van der Waals surface area contributed by atoms with Crippen molar-refractivity contribution >= 4 is 33.3 Å². The molecule has 2 rings (SSSR count). The number of thiophene rings is 1. The standard InChI is InChI=1S/C11H17N5S/c1-3-4-6-16(2)9-8-5-7-17-10(8)14-11(13-9)15-12/h5,7H,3-4,6,12H2,1-2H3,(H,13,14,15). The van der Waals surface area contributed by atoms with Crippen molar-refractivity contribution in [2.75, 3.05) is 23.9 Å². The maximum Gasteiger partial charge on any atom is 0.240 e. The number of aromatic nitrogens is 2. The topological polar surface area (TPSA) is 67.1 Å². The molecule has 0 spiro atoms. The number of hydrogen-bond donors (Lipinski definition) is 2. The van der Waals surface area contributed by atoms with E-state index in [1.54, 1.807) is 11.3 Å². The normalized spacial score (nSPS) is 10.8. The smallest absolute Gasteiger partial charge is 0.240 e. The molecule has 0 radical (unpaired) electrons.